The van der Waals surface area contributed by atoms with E-state index in [0.29, 0.717) is 108 Å². The van der Waals surface area contributed by atoms with Gasteiger partial charge in [0.05, 0.1) is 12.2 Å². The fourth-order valence-corrected chi connectivity index (χ4v) is 20.8. The lowest BCUT2D eigenvalue weighted by molar-refractivity contribution is -0.175. The van der Waals surface area contributed by atoms with Crippen molar-refractivity contribution in [1.29, 1.82) is 0 Å². The van der Waals surface area contributed by atoms with Gasteiger partial charge >= 0.3 is 0 Å². The van der Waals surface area contributed by atoms with Crippen molar-refractivity contribution in [1.82, 2.24) is 0 Å². The van der Waals surface area contributed by atoms with Crippen molar-refractivity contribution in [3.05, 3.63) is 0 Å². The number of carbonyl (C=O) groups excluding carboxylic acids is 2. The highest BCUT2D eigenvalue weighted by atomic mass is 16.5. The Labute approximate surface area is 412 Å². The van der Waals surface area contributed by atoms with Crippen LogP contribution in [-0.4, -0.2) is 47.2 Å². The summed E-state index contributed by atoms with van der Waals surface area (Å²) in [6.07, 6.45) is 24.2. The average Bonchev–Trinajstić information content (AvgIpc) is 3.79. The smallest absolute Gasteiger partial charge is 0.136 e. The zero-order chi connectivity index (χ0) is 48.4. The molecular weight excluding hydrogens is 825 g/mol. The number of carbonyl (C=O) groups is 2. The van der Waals surface area contributed by atoms with Crippen LogP contribution >= 0.6 is 0 Å². The summed E-state index contributed by atoms with van der Waals surface area (Å²) < 4.78 is 6.72. The summed E-state index contributed by atoms with van der Waals surface area (Å²) in [4.78, 5) is 28.8. The molecule has 0 heterocycles. The van der Waals surface area contributed by atoms with E-state index in [-0.39, 0.29) is 34.9 Å². The van der Waals surface area contributed by atoms with E-state index in [9.17, 15) is 19.8 Å². The van der Waals surface area contributed by atoms with Crippen LogP contribution in [0.4, 0.5) is 0 Å². The number of ether oxygens (including phenoxy) is 1. The summed E-state index contributed by atoms with van der Waals surface area (Å²) >= 11 is 0. The van der Waals surface area contributed by atoms with Crippen molar-refractivity contribution in [2.75, 3.05) is 13.2 Å². The van der Waals surface area contributed by atoms with Crippen molar-refractivity contribution < 1.29 is 24.5 Å². The average molecular weight is 932 g/mol. The molecular formula is C62H106O5. The van der Waals surface area contributed by atoms with Crippen LogP contribution in [0.5, 0.6) is 0 Å². The second kappa shape index (κ2) is 20.6. The van der Waals surface area contributed by atoms with Crippen LogP contribution in [0.2, 0.25) is 0 Å². The number of Topliss-reactive ketones (excluding diaryl/α,β-unsaturated/α-hetero) is 2. The molecule has 384 valence electrons. The number of ketones is 2. The predicted molar refractivity (Wildman–Crippen MR) is 275 cm³/mol. The van der Waals surface area contributed by atoms with Gasteiger partial charge < -0.3 is 14.9 Å². The number of fused-ring (bicyclic) bond motifs is 10. The quantitative estimate of drug-likeness (QED) is 0.143. The van der Waals surface area contributed by atoms with E-state index < -0.39 is 0 Å². The van der Waals surface area contributed by atoms with Gasteiger partial charge in [-0.15, -0.1) is 0 Å². The Balaban J connectivity index is 0.887. The number of hydrogen-bond acceptors (Lipinski definition) is 5. The zero-order valence-electron chi connectivity index (χ0n) is 45.6. The highest BCUT2D eigenvalue weighted by Crippen LogP contribution is 2.71. The first kappa shape index (κ1) is 52.5. The van der Waals surface area contributed by atoms with Crippen molar-refractivity contribution in [2.24, 2.45) is 128 Å². The lowest BCUT2D eigenvalue weighted by Crippen LogP contribution is -2.60. The minimum absolute atomic E-state index is 0.00872. The number of aliphatic hydroxyl groups is 2. The van der Waals surface area contributed by atoms with Gasteiger partial charge in [0.2, 0.25) is 0 Å². The highest BCUT2D eigenvalue weighted by Gasteiger charge is 2.66. The molecule has 8 aliphatic rings. The van der Waals surface area contributed by atoms with Crippen molar-refractivity contribution in [2.45, 2.75) is 237 Å². The van der Waals surface area contributed by atoms with Gasteiger partial charge in [-0.05, 0) is 206 Å². The van der Waals surface area contributed by atoms with Crippen LogP contribution in [0.3, 0.4) is 0 Å². The van der Waals surface area contributed by atoms with Crippen LogP contribution in [0, 0.1) is 128 Å². The molecule has 8 saturated carbocycles. The first-order valence-electron chi connectivity index (χ1n) is 29.6. The van der Waals surface area contributed by atoms with Gasteiger partial charge in [0.1, 0.15) is 11.6 Å². The van der Waals surface area contributed by atoms with E-state index in [4.69, 9.17) is 4.74 Å². The normalized spacial score (nSPS) is 46.8. The van der Waals surface area contributed by atoms with Gasteiger partial charge in [-0.1, -0.05) is 122 Å². The zero-order valence-corrected chi connectivity index (χ0v) is 45.6. The minimum atomic E-state index is -0.383. The molecule has 67 heavy (non-hydrogen) atoms. The fourth-order valence-electron chi connectivity index (χ4n) is 20.8. The molecule has 0 bridgehead atoms. The Bertz CT molecular complexity index is 1570. The van der Waals surface area contributed by atoms with Gasteiger partial charge in [0.15, 0.2) is 0 Å². The van der Waals surface area contributed by atoms with Crippen LogP contribution in [-0.2, 0) is 14.3 Å². The molecule has 8 unspecified atom stereocenters. The standard InChI is InChI=1S/C62H106O5/c1-37(2)15-13-17-41(7)49-19-21-51-47-33-57(65)55-31-45(63)29-43(61(55,11)53(47)23-25-59(49,51)9)27-39(5)35-67-36-40(6)28-44-30-46(64)32-56-58(66)34-48-52-22-20-50(42(8)18-14-16-38(3)4)60(52,10)26-24-54(48)62(44,56)12/h37-56,63-64H,13-36H2,1-12H3/t39?,40?,41-,42-,43?,44?,45?,46?,47+,48+,49-,50-,51+,52+,53+,54+,55?,56?,59-,60-,61-,62-/m1/s1. The highest BCUT2D eigenvalue weighted by molar-refractivity contribution is 5.84. The summed E-state index contributed by atoms with van der Waals surface area (Å²) in [5, 5.41) is 22.8. The van der Waals surface area contributed by atoms with E-state index in [1.807, 2.05) is 0 Å². The fraction of sp³-hybridized carbons (Fsp3) is 0.968. The van der Waals surface area contributed by atoms with Crippen LogP contribution in [0.25, 0.3) is 0 Å². The summed E-state index contributed by atoms with van der Waals surface area (Å²) in [5.41, 5.74) is 0.615. The van der Waals surface area contributed by atoms with Gasteiger partial charge in [-0.2, -0.15) is 0 Å². The molecule has 0 aliphatic heterocycles. The number of hydrogen-bond donors (Lipinski definition) is 2. The molecule has 0 radical (unpaired) electrons. The van der Waals surface area contributed by atoms with E-state index in [1.54, 1.807) is 0 Å². The van der Waals surface area contributed by atoms with Crippen molar-refractivity contribution in [3.8, 4) is 0 Å². The Morgan fingerprint density at radius 2 is 0.910 bits per heavy atom. The largest absolute Gasteiger partial charge is 0.393 e. The van der Waals surface area contributed by atoms with E-state index in [1.165, 1.54) is 89.9 Å². The van der Waals surface area contributed by atoms with Gasteiger partial charge in [0.25, 0.3) is 0 Å². The second-order valence-corrected chi connectivity index (χ2v) is 28.9. The molecule has 0 aromatic carbocycles. The van der Waals surface area contributed by atoms with Crippen LogP contribution in [0.1, 0.15) is 224 Å². The molecule has 5 heteroatoms. The van der Waals surface area contributed by atoms with Crippen LogP contribution in [0.15, 0.2) is 0 Å². The molecule has 8 rings (SSSR count). The van der Waals surface area contributed by atoms with E-state index in [2.05, 4.69) is 83.1 Å². The maximum absolute atomic E-state index is 14.4. The molecule has 2 N–H and O–H groups in total. The third kappa shape index (κ3) is 9.78. The lowest BCUT2D eigenvalue weighted by atomic mass is 9.41. The molecule has 0 saturated heterocycles. The minimum Gasteiger partial charge on any atom is -0.393 e. The summed E-state index contributed by atoms with van der Waals surface area (Å²) in [6, 6.07) is 0. The molecule has 8 fully saturated rings. The lowest BCUT2D eigenvalue weighted by Gasteiger charge is -2.63. The SMILES string of the molecule is CC(C)CCC[C@@H](C)[C@H]1CC[C@H]2[C@@H]3CC(=O)C4CC(O)CC(CC(C)COCC(C)CC5CC(O)CC6C(=O)C[C@@H]7[C@H](CC[C@]8(C)[C@@H]([C@H](C)CCCC(C)C)CC[C@@H]78)[C@@]56C)[C@]4(C)[C@H]3CC[C@]12C. The molecule has 5 nitrogen and oxygen atoms in total. The van der Waals surface area contributed by atoms with Crippen molar-refractivity contribution in [3.63, 3.8) is 0 Å². The maximum Gasteiger partial charge on any atom is 0.136 e. The van der Waals surface area contributed by atoms with E-state index >= 15 is 0 Å². The summed E-state index contributed by atoms with van der Waals surface area (Å²) in [7, 11) is 0. The monoisotopic (exact) mass is 931 g/mol. The molecule has 0 amide bonds. The summed E-state index contributed by atoms with van der Waals surface area (Å²) in [6.45, 7) is 31.0. The first-order chi connectivity index (χ1) is 31.6. The maximum atomic E-state index is 14.4. The van der Waals surface area contributed by atoms with Gasteiger partial charge in [-0.3, -0.25) is 9.59 Å². The topological polar surface area (TPSA) is 83.8 Å². The second-order valence-electron chi connectivity index (χ2n) is 28.9. The summed E-state index contributed by atoms with van der Waals surface area (Å²) in [5.74, 6) is 10.4. The molecule has 0 aromatic rings. The Morgan fingerprint density at radius 1 is 0.522 bits per heavy atom. The first-order valence-corrected chi connectivity index (χ1v) is 29.6. The molecule has 0 spiro atoms. The Morgan fingerprint density at radius 3 is 1.28 bits per heavy atom. The predicted octanol–water partition coefficient (Wildman–Crippen LogP) is 14.8. The van der Waals surface area contributed by atoms with E-state index in [0.717, 1.165) is 74.0 Å². The third-order valence-electron chi connectivity index (χ3n) is 24.1. The van der Waals surface area contributed by atoms with Gasteiger partial charge in [-0.25, -0.2) is 0 Å². The Hall–Kier alpha value is -0.780. The Kier molecular flexibility index (Phi) is 16.2. The van der Waals surface area contributed by atoms with Crippen LogP contribution < -0.4 is 0 Å². The third-order valence-corrected chi connectivity index (χ3v) is 24.1. The molecule has 0 aromatic heterocycles. The van der Waals surface area contributed by atoms with Crippen molar-refractivity contribution >= 4 is 11.6 Å². The van der Waals surface area contributed by atoms with Gasteiger partial charge in [0, 0.05) is 37.9 Å². The molecule has 22 atom stereocenters. The number of rotatable bonds is 18. The number of aliphatic hydroxyl groups excluding tert-OH is 2. The molecule has 8 aliphatic carbocycles.